The van der Waals surface area contributed by atoms with Crippen LogP contribution in [0, 0.1) is 0 Å². The molecule has 4 rings (SSSR count). The molecule has 0 bridgehead atoms. The van der Waals surface area contributed by atoms with Crippen molar-refractivity contribution < 1.29 is 14.3 Å². The third-order valence-corrected chi connectivity index (χ3v) is 3.75. The number of hydrogen-bond donors (Lipinski definition) is 2. The van der Waals surface area contributed by atoms with Gasteiger partial charge in [0.1, 0.15) is 5.82 Å². The first-order valence-corrected chi connectivity index (χ1v) is 7.67. The smallest absolute Gasteiger partial charge is 0.263 e. The predicted octanol–water partition coefficient (Wildman–Crippen LogP) is 2.46. The molecule has 0 spiro atoms. The highest BCUT2D eigenvalue weighted by atomic mass is 16.5. The van der Waals surface area contributed by atoms with E-state index >= 15 is 0 Å². The monoisotopic (exact) mass is 334 g/mol. The minimum absolute atomic E-state index is 0.0336. The summed E-state index contributed by atoms with van der Waals surface area (Å²) >= 11 is 0. The maximum Gasteiger partial charge on any atom is 0.263 e. The van der Waals surface area contributed by atoms with Crippen LogP contribution in [0.2, 0.25) is 0 Å². The minimum atomic E-state index is -0.283. The zero-order valence-corrected chi connectivity index (χ0v) is 13.1. The summed E-state index contributed by atoms with van der Waals surface area (Å²) in [6.45, 7) is -0.0336. The Morgan fingerprint density at radius 3 is 2.64 bits per heavy atom. The van der Waals surface area contributed by atoms with Crippen molar-refractivity contribution in [2.24, 2.45) is 0 Å². The maximum atomic E-state index is 12.4. The average Bonchev–Trinajstić information content (AvgIpc) is 3.16. The van der Waals surface area contributed by atoms with Crippen LogP contribution in [0.15, 0.2) is 60.9 Å². The number of ether oxygens (including phenoxy) is 1. The number of amides is 2. The van der Waals surface area contributed by atoms with Crippen molar-refractivity contribution in [3.63, 3.8) is 0 Å². The van der Waals surface area contributed by atoms with Crippen molar-refractivity contribution in [2.45, 2.75) is 0 Å². The van der Waals surface area contributed by atoms with Crippen molar-refractivity contribution in [1.82, 2.24) is 9.55 Å². The van der Waals surface area contributed by atoms with Crippen LogP contribution in [-0.2, 0) is 4.79 Å². The van der Waals surface area contributed by atoms with Crippen molar-refractivity contribution >= 4 is 23.5 Å². The second-order valence-corrected chi connectivity index (χ2v) is 5.47. The van der Waals surface area contributed by atoms with Crippen LogP contribution in [0.5, 0.6) is 5.75 Å². The number of nitrogens with zero attached hydrogens (tertiary/aromatic N) is 2. The van der Waals surface area contributed by atoms with Gasteiger partial charge in [-0.1, -0.05) is 0 Å². The van der Waals surface area contributed by atoms with Gasteiger partial charge in [-0.05, 0) is 48.5 Å². The lowest BCUT2D eigenvalue weighted by Crippen LogP contribution is -2.26. The molecule has 2 aromatic heterocycles. The summed E-state index contributed by atoms with van der Waals surface area (Å²) in [6, 6.07) is 14.4. The number of benzene rings is 1. The van der Waals surface area contributed by atoms with Gasteiger partial charge >= 0.3 is 0 Å². The number of carbonyl (C=O) groups excluding carboxylic acids is 2. The molecule has 3 aromatic rings. The molecule has 1 aliphatic rings. The number of pyridine rings is 1. The van der Waals surface area contributed by atoms with Crippen molar-refractivity contribution in [2.75, 3.05) is 17.2 Å². The third kappa shape index (κ3) is 3.07. The van der Waals surface area contributed by atoms with Gasteiger partial charge in [-0.3, -0.25) is 9.59 Å². The molecular weight excluding hydrogens is 320 g/mol. The van der Waals surface area contributed by atoms with Crippen LogP contribution in [0.4, 0.5) is 11.6 Å². The van der Waals surface area contributed by atoms with Gasteiger partial charge in [0.15, 0.2) is 18.2 Å². The van der Waals surface area contributed by atoms with E-state index in [4.69, 9.17) is 4.74 Å². The Labute approximate surface area is 143 Å². The number of fused-ring (bicyclic) bond motifs is 1. The molecule has 0 unspecified atom stereocenters. The molecule has 2 amide bonds. The van der Waals surface area contributed by atoms with E-state index in [2.05, 4.69) is 15.6 Å². The Morgan fingerprint density at radius 1 is 1.12 bits per heavy atom. The molecule has 3 heterocycles. The fraction of sp³-hybridized carbons (Fsp3) is 0.0556. The second kappa shape index (κ2) is 6.12. The molecule has 0 aliphatic carbocycles. The lowest BCUT2D eigenvalue weighted by Gasteiger charge is -2.17. The Morgan fingerprint density at radius 2 is 1.88 bits per heavy atom. The van der Waals surface area contributed by atoms with Gasteiger partial charge in [0.25, 0.3) is 11.8 Å². The van der Waals surface area contributed by atoms with Gasteiger partial charge in [0, 0.05) is 23.6 Å². The summed E-state index contributed by atoms with van der Waals surface area (Å²) in [7, 11) is 0. The molecule has 0 saturated heterocycles. The molecule has 7 heteroatoms. The maximum absolute atomic E-state index is 12.4. The zero-order chi connectivity index (χ0) is 17.2. The summed E-state index contributed by atoms with van der Waals surface area (Å²) in [5.41, 5.74) is 1.48. The van der Waals surface area contributed by atoms with Gasteiger partial charge < -0.3 is 19.9 Å². The van der Waals surface area contributed by atoms with Crippen molar-refractivity contribution in [3.8, 4) is 11.4 Å². The number of anilines is 2. The molecule has 0 radical (unpaired) electrons. The van der Waals surface area contributed by atoms with E-state index in [1.807, 2.05) is 41.2 Å². The predicted molar refractivity (Wildman–Crippen MR) is 92.1 cm³/mol. The largest absolute Gasteiger partial charge is 0.480 e. The molecule has 0 saturated carbocycles. The molecule has 1 aliphatic heterocycles. The minimum Gasteiger partial charge on any atom is -0.480 e. The number of nitrogens with one attached hydrogen (secondary N) is 2. The molecule has 0 atom stereocenters. The van der Waals surface area contributed by atoms with E-state index in [1.54, 1.807) is 24.3 Å². The van der Waals surface area contributed by atoms with Crippen LogP contribution in [0.1, 0.15) is 10.4 Å². The molecule has 2 N–H and O–H groups in total. The van der Waals surface area contributed by atoms with E-state index in [0.717, 1.165) is 5.69 Å². The van der Waals surface area contributed by atoms with E-state index in [9.17, 15) is 9.59 Å². The van der Waals surface area contributed by atoms with Crippen molar-refractivity contribution in [1.29, 1.82) is 0 Å². The van der Waals surface area contributed by atoms with E-state index in [-0.39, 0.29) is 18.4 Å². The fourth-order valence-corrected chi connectivity index (χ4v) is 2.51. The fourth-order valence-electron chi connectivity index (χ4n) is 2.51. The molecule has 0 fully saturated rings. The average molecular weight is 334 g/mol. The summed E-state index contributed by atoms with van der Waals surface area (Å²) < 4.78 is 7.19. The van der Waals surface area contributed by atoms with Gasteiger partial charge in [-0.2, -0.15) is 0 Å². The summed E-state index contributed by atoms with van der Waals surface area (Å²) in [6.07, 6.45) is 3.87. The normalized spacial score (nSPS) is 12.7. The van der Waals surface area contributed by atoms with Crippen LogP contribution in [-0.4, -0.2) is 28.0 Å². The summed E-state index contributed by atoms with van der Waals surface area (Å²) in [5.74, 6) is 0.563. The lowest BCUT2D eigenvalue weighted by atomic mass is 10.2. The number of rotatable bonds is 3. The highest BCUT2D eigenvalue weighted by Gasteiger charge is 2.18. The SMILES string of the molecule is O=C1COc2ccc(NC(=O)c3ccc(-n4cccc4)cc3)nc2N1. The van der Waals surface area contributed by atoms with Crippen LogP contribution in [0.25, 0.3) is 5.69 Å². The Hall–Kier alpha value is -3.61. The number of hydrogen-bond acceptors (Lipinski definition) is 4. The molecule has 124 valence electrons. The van der Waals surface area contributed by atoms with Crippen LogP contribution in [0.3, 0.4) is 0 Å². The molecule has 25 heavy (non-hydrogen) atoms. The lowest BCUT2D eigenvalue weighted by molar-refractivity contribution is -0.118. The van der Waals surface area contributed by atoms with E-state index < -0.39 is 0 Å². The molecular formula is C18H14N4O3. The Kier molecular flexibility index (Phi) is 3.66. The highest BCUT2D eigenvalue weighted by Crippen LogP contribution is 2.27. The van der Waals surface area contributed by atoms with Crippen LogP contribution >= 0.6 is 0 Å². The second-order valence-electron chi connectivity index (χ2n) is 5.47. The topological polar surface area (TPSA) is 85.2 Å². The first kappa shape index (κ1) is 14.9. The standard InChI is InChI=1S/C18H14N4O3/c23-16-11-25-14-7-8-15(19-17(14)21-16)20-18(24)12-3-5-13(6-4-12)22-9-1-2-10-22/h1-10H,11H2,(H2,19,20,21,23,24). The Balaban J connectivity index is 1.50. The summed E-state index contributed by atoms with van der Waals surface area (Å²) in [5, 5.41) is 5.32. The number of aromatic nitrogens is 2. The van der Waals surface area contributed by atoms with Crippen molar-refractivity contribution in [3.05, 3.63) is 66.5 Å². The van der Waals surface area contributed by atoms with Gasteiger partial charge in [0.2, 0.25) is 0 Å². The zero-order valence-electron chi connectivity index (χ0n) is 13.1. The quantitative estimate of drug-likeness (QED) is 0.770. The first-order valence-electron chi connectivity index (χ1n) is 7.67. The summed E-state index contributed by atoms with van der Waals surface area (Å²) in [4.78, 5) is 27.9. The van der Waals surface area contributed by atoms with E-state index in [0.29, 0.717) is 22.9 Å². The van der Waals surface area contributed by atoms with E-state index in [1.165, 1.54) is 0 Å². The van der Waals surface area contributed by atoms with Gasteiger partial charge in [0.05, 0.1) is 0 Å². The molecule has 7 nitrogen and oxygen atoms in total. The Bertz CT molecular complexity index is 933. The van der Waals surface area contributed by atoms with Gasteiger partial charge in [-0.25, -0.2) is 4.98 Å². The first-order chi connectivity index (χ1) is 12.2. The van der Waals surface area contributed by atoms with Gasteiger partial charge in [-0.15, -0.1) is 0 Å². The molecule has 1 aromatic carbocycles. The number of carbonyl (C=O) groups is 2. The third-order valence-electron chi connectivity index (χ3n) is 3.75. The highest BCUT2D eigenvalue weighted by molar-refractivity contribution is 6.04. The van der Waals surface area contributed by atoms with Crippen LogP contribution < -0.4 is 15.4 Å².